The summed E-state index contributed by atoms with van der Waals surface area (Å²) >= 11 is 0. The van der Waals surface area contributed by atoms with E-state index in [-0.39, 0.29) is 16.9 Å². The fraction of sp³-hybridized carbons (Fsp3) is 0.389. The molecule has 1 rings (SSSR count). The molecule has 2 nitrogen and oxygen atoms in total. The van der Waals surface area contributed by atoms with Gasteiger partial charge in [0.25, 0.3) is 0 Å². The minimum atomic E-state index is -0.130. The number of hydrogen-bond donors (Lipinski definition) is 0. The Bertz CT molecular complexity index is 432. The average Bonchev–Trinajstić information content (AvgIpc) is 2.52. The van der Waals surface area contributed by atoms with Crippen molar-refractivity contribution < 1.29 is 9.53 Å². The van der Waals surface area contributed by atoms with Crippen LogP contribution in [0.4, 0.5) is 0 Å². The lowest BCUT2D eigenvalue weighted by atomic mass is 10.1. The summed E-state index contributed by atoms with van der Waals surface area (Å²) in [5, 5.41) is 0.451. The van der Waals surface area contributed by atoms with Crippen molar-refractivity contribution in [3.05, 3.63) is 61.2 Å². The lowest BCUT2D eigenvalue weighted by Gasteiger charge is -2.18. The molecule has 1 aromatic rings. The van der Waals surface area contributed by atoms with Crippen LogP contribution in [0.5, 0.6) is 0 Å². The van der Waals surface area contributed by atoms with Crippen molar-refractivity contribution in [1.82, 2.24) is 0 Å². The molecule has 0 aromatic heterocycles. The first kappa shape index (κ1) is 17.6. The predicted octanol–water partition coefficient (Wildman–Crippen LogP) is 4.06. The normalized spacial score (nSPS) is 11.9. The van der Waals surface area contributed by atoms with Gasteiger partial charge in [0.2, 0.25) is 0 Å². The molecule has 0 N–H and O–H groups in total. The highest BCUT2D eigenvalue weighted by atomic mass is 32.2. The minimum absolute atomic E-state index is 0.130. The maximum absolute atomic E-state index is 11.3. The lowest BCUT2D eigenvalue weighted by molar-refractivity contribution is -0.140. The molecule has 0 spiro atoms. The van der Waals surface area contributed by atoms with Gasteiger partial charge in [-0.2, -0.15) is 0 Å². The fourth-order valence-electron chi connectivity index (χ4n) is 2.33. The molecule has 114 valence electrons. The molecular formula is C18H25O2S+. The number of carbonyl (C=O) groups excluding carboxylic acids is 1. The van der Waals surface area contributed by atoms with Crippen LogP contribution in [0.3, 0.4) is 0 Å². The third-order valence-electron chi connectivity index (χ3n) is 3.31. The number of ether oxygens (including phenoxy) is 1. The highest BCUT2D eigenvalue weighted by Gasteiger charge is 2.29. The van der Waals surface area contributed by atoms with Gasteiger partial charge in [0.05, 0.1) is 7.11 Å². The van der Waals surface area contributed by atoms with E-state index in [4.69, 9.17) is 4.74 Å². The van der Waals surface area contributed by atoms with Crippen LogP contribution in [0.25, 0.3) is 0 Å². The quantitative estimate of drug-likeness (QED) is 0.370. The maximum Gasteiger partial charge on any atom is 0.305 e. The van der Waals surface area contributed by atoms with E-state index >= 15 is 0 Å². The molecule has 0 bridgehead atoms. The smallest absolute Gasteiger partial charge is 0.305 e. The summed E-state index contributed by atoms with van der Waals surface area (Å²) in [4.78, 5) is 11.3. The second-order valence-electron chi connectivity index (χ2n) is 4.82. The second kappa shape index (κ2) is 10.3. The Labute approximate surface area is 131 Å². The van der Waals surface area contributed by atoms with E-state index < -0.39 is 0 Å². The summed E-state index contributed by atoms with van der Waals surface area (Å²) in [5.41, 5.74) is 1.34. The lowest BCUT2D eigenvalue weighted by Crippen LogP contribution is -2.20. The Kier molecular flexibility index (Phi) is 8.60. The minimum Gasteiger partial charge on any atom is -0.469 e. The van der Waals surface area contributed by atoms with Crippen molar-refractivity contribution in [2.45, 2.75) is 24.5 Å². The van der Waals surface area contributed by atoms with Gasteiger partial charge in [0.1, 0.15) is 16.8 Å². The molecule has 0 aliphatic carbocycles. The number of carbonyl (C=O) groups is 1. The highest BCUT2D eigenvalue weighted by Crippen LogP contribution is 2.30. The molecular weight excluding hydrogens is 280 g/mol. The molecule has 21 heavy (non-hydrogen) atoms. The molecule has 0 heterocycles. The molecule has 0 aliphatic rings. The first-order valence-corrected chi connectivity index (χ1v) is 8.85. The van der Waals surface area contributed by atoms with E-state index in [2.05, 4.69) is 37.4 Å². The summed E-state index contributed by atoms with van der Waals surface area (Å²) in [7, 11) is 1.62. The zero-order valence-electron chi connectivity index (χ0n) is 12.8. The summed E-state index contributed by atoms with van der Waals surface area (Å²) in [6.07, 6.45) is 6.30. The SMILES string of the molecule is C=CC[S+](CC=C)C(CCCC(=O)OC)c1ccccc1. The van der Waals surface area contributed by atoms with E-state index in [1.807, 2.05) is 18.2 Å². The van der Waals surface area contributed by atoms with Gasteiger partial charge in [-0.1, -0.05) is 43.5 Å². The molecule has 1 unspecified atom stereocenters. The predicted molar refractivity (Wildman–Crippen MR) is 92.5 cm³/mol. The molecule has 0 saturated heterocycles. The van der Waals surface area contributed by atoms with E-state index in [1.54, 1.807) is 0 Å². The summed E-state index contributed by atoms with van der Waals surface area (Å²) in [6.45, 7) is 7.76. The van der Waals surface area contributed by atoms with Gasteiger partial charge in [-0.25, -0.2) is 0 Å². The molecule has 0 amide bonds. The number of methoxy groups -OCH3 is 1. The van der Waals surface area contributed by atoms with Crippen LogP contribution in [0.2, 0.25) is 0 Å². The topological polar surface area (TPSA) is 26.3 Å². The van der Waals surface area contributed by atoms with Crippen LogP contribution < -0.4 is 0 Å². The van der Waals surface area contributed by atoms with Crippen LogP contribution in [0, 0.1) is 0 Å². The van der Waals surface area contributed by atoms with E-state index in [9.17, 15) is 4.79 Å². The standard InChI is InChI=1S/C18H25O2S/c1-4-14-21(15-5-2)17(12-9-13-18(19)20-3)16-10-7-6-8-11-16/h4-8,10-11,17H,1-2,9,12-15H2,3H3/q+1. The molecule has 1 aromatic carbocycles. The van der Waals surface area contributed by atoms with Crippen molar-refractivity contribution in [3.63, 3.8) is 0 Å². The molecule has 0 radical (unpaired) electrons. The van der Waals surface area contributed by atoms with Crippen LogP contribution in [-0.4, -0.2) is 24.6 Å². The first-order valence-electron chi connectivity index (χ1n) is 7.22. The number of benzene rings is 1. The third-order valence-corrected chi connectivity index (χ3v) is 5.95. The third kappa shape index (κ3) is 6.21. The number of esters is 1. The Balaban J connectivity index is 2.80. The van der Waals surface area contributed by atoms with Crippen LogP contribution >= 0.6 is 0 Å². The largest absolute Gasteiger partial charge is 0.469 e. The molecule has 0 aliphatic heterocycles. The van der Waals surface area contributed by atoms with E-state index in [0.29, 0.717) is 11.7 Å². The summed E-state index contributed by atoms with van der Waals surface area (Å²) < 4.78 is 4.72. The van der Waals surface area contributed by atoms with Gasteiger partial charge in [0, 0.05) is 22.9 Å². The van der Waals surface area contributed by atoms with E-state index in [1.165, 1.54) is 12.7 Å². The molecule has 0 saturated carbocycles. The van der Waals surface area contributed by atoms with Gasteiger partial charge in [-0.3, -0.25) is 4.79 Å². The zero-order valence-corrected chi connectivity index (χ0v) is 13.6. The van der Waals surface area contributed by atoms with Gasteiger partial charge in [-0.05, 0) is 25.0 Å². The maximum atomic E-state index is 11.3. The Morgan fingerprint density at radius 1 is 1.24 bits per heavy atom. The zero-order chi connectivity index (χ0) is 15.5. The van der Waals surface area contributed by atoms with Crippen molar-refractivity contribution >= 4 is 16.9 Å². The Hall–Kier alpha value is -1.48. The van der Waals surface area contributed by atoms with Gasteiger partial charge in [0.15, 0.2) is 0 Å². The molecule has 1 atom stereocenters. The molecule has 0 fully saturated rings. The summed E-state index contributed by atoms with van der Waals surface area (Å²) in [6, 6.07) is 10.5. The second-order valence-corrected chi connectivity index (χ2v) is 7.13. The van der Waals surface area contributed by atoms with Crippen molar-refractivity contribution in [2.24, 2.45) is 0 Å². The first-order chi connectivity index (χ1) is 10.2. The number of rotatable bonds is 10. The van der Waals surface area contributed by atoms with Gasteiger partial charge >= 0.3 is 5.97 Å². The van der Waals surface area contributed by atoms with Crippen molar-refractivity contribution in [2.75, 3.05) is 18.6 Å². The Morgan fingerprint density at radius 3 is 2.38 bits per heavy atom. The summed E-state index contributed by atoms with van der Waals surface area (Å²) in [5.74, 6) is 1.85. The van der Waals surface area contributed by atoms with Gasteiger partial charge < -0.3 is 4.74 Å². The average molecular weight is 305 g/mol. The monoisotopic (exact) mass is 305 g/mol. The van der Waals surface area contributed by atoms with Crippen LogP contribution in [0.1, 0.15) is 30.1 Å². The highest BCUT2D eigenvalue weighted by molar-refractivity contribution is 7.97. The fourth-order valence-corrected chi connectivity index (χ4v) is 4.58. The van der Waals surface area contributed by atoms with Crippen LogP contribution in [0.15, 0.2) is 55.6 Å². The van der Waals surface area contributed by atoms with Crippen molar-refractivity contribution in [3.8, 4) is 0 Å². The van der Waals surface area contributed by atoms with Crippen LogP contribution in [-0.2, 0) is 20.4 Å². The van der Waals surface area contributed by atoms with Gasteiger partial charge in [-0.15, -0.1) is 0 Å². The molecule has 3 heteroatoms. The van der Waals surface area contributed by atoms with Crippen molar-refractivity contribution in [1.29, 1.82) is 0 Å². The van der Waals surface area contributed by atoms with E-state index in [0.717, 1.165) is 24.3 Å². The number of hydrogen-bond acceptors (Lipinski definition) is 2. The Morgan fingerprint density at radius 2 is 1.86 bits per heavy atom.